The minimum Gasteiger partial charge on any atom is -0.364 e. The fourth-order valence-corrected chi connectivity index (χ4v) is 5.65. The van der Waals surface area contributed by atoms with E-state index in [2.05, 4.69) is 22.3 Å². The highest BCUT2D eigenvalue weighted by atomic mass is 32.2. The molecule has 1 saturated heterocycles. The van der Waals surface area contributed by atoms with Gasteiger partial charge >= 0.3 is 0 Å². The van der Waals surface area contributed by atoms with Crippen LogP contribution in [0.25, 0.3) is 0 Å². The lowest BCUT2D eigenvalue weighted by Crippen LogP contribution is -2.53. The average molecular weight is 426 g/mol. The molecule has 2 aliphatic rings. The molecule has 9 heteroatoms. The van der Waals surface area contributed by atoms with Crippen LogP contribution in [0.5, 0.6) is 0 Å². The maximum absolute atomic E-state index is 12.6. The van der Waals surface area contributed by atoms with Crippen molar-refractivity contribution in [1.29, 1.82) is 0 Å². The Morgan fingerprint density at radius 1 is 1.24 bits per heavy atom. The van der Waals surface area contributed by atoms with Gasteiger partial charge in [0.05, 0.1) is 5.69 Å². The van der Waals surface area contributed by atoms with Crippen LogP contribution >= 0.6 is 0 Å². The Labute approximate surface area is 174 Å². The molecule has 1 aliphatic heterocycles. The molecule has 1 aromatic rings. The number of piperazine rings is 1. The molecule has 0 aromatic carbocycles. The lowest BCUT2D eigenvalue weighted by Gasteiger charge is -2.35. The largest absolute Gasteiger partial charge is 0.364 e. The second kappa shape index (κ2) is 11.0. The first-order valence-corrected chi connectivity index (χ1v) is 12.6. The van der Waals surface area contributed by atoms with Crippen LogP contribution in [-0.4, -0.2) is 68.0 Å². The lowest BCUT2D eigenvalue weighted by molar-refractivity contribution is 0.259. The molecular weight excluding hydrogens is 390 g/mol. The van der Waals surface area contributed by atoms with Gasteiger partial charge in [0.25, 0.3) is 0 Å². The van der Waals surface area contributed by atoms with E-state index in [-0.39, 0.29) is 5.75 Å². The molecule has 164 valence electrons. The zero-order valence-corrected chi connectivity index (χ0v) is 18.4. The molecule has 1 aromatic heterocycles. The minimum atomic E-state index is -3.38. The Morgan fingerprint density at radius 2 is 2.00 bits per heavy atom. The van der Waals surface area contributed by atoms with Crippen molar-refractivity contribution >= 4 is 16.0 Å². The van der Waals surface area contributed by atoms with Gasteiger partial charge in [0.2, 0.25) is 10.0 Å². The Balaban J connectivity index is 1.44. The number of aromatic nitrogens is 1. The maximum Gasteiger partial charge on any atom is 0.220 e. The first kappa shape index (κ1) is 22.1. The molecule has 2 fully saturated rings. The predicted molar refractivity (Wildman–Crippen MR) is 114 cm³/mol. The SMILES string of the molecule is CCNC(=NCCCCC1CCCC1)N1CCN(S(=O)(=O)Cc2ccon2)CC1. The topological polar surface area (TPSA) is 91.0 Å². The number of unbranched alkanes of at least 4 members (excludes halogenated alkanes) is 1. The summed E-state index contributed by atoms with van der Waals surface area (Å²) in [5.41, 5.74) is 0.444. The number of nitrogens with one attached hydrogen (secondary N) is 1. The van der Waals surface area contributed by atoms with Gasteiger partial charge in [-0.25, -0.2) is 8.42 Å². The Morgan fingerprint density at radius 3 is 2.66 bits per heavy atom. The van der Waals surface area contributed by atoms with Crippen molar-refractivity contribution in [2.75, 3.05) is 39.3 Å². The Kier molecular flexibility index (Phi) is 8.35. The molecule has 0 bridgehead atoms. The molecule has 0 atom stereocenters. The summed E-state index contributed by atoms with van der Waals surface area (Å²) in [5, 5.41) is 7.08. The van der Waals surface area contributed by atoms with Gasteiger partial charge in [0, 0.05) is 45.3 Å². The number of aliphatic imine (C=N–C) groups is 1. The number of nitrogens with zero attached hydrogens (tertiary/aromatic N) is 4. The number of sulfonamides is 1. The van der Waals surface area contributed by atoms with Crippen molar-refractivity contribution in [1.82, 2.24) is 19.7 Å². The van der Waals surface area contributed by atoms with Gasteiger partial charge in [-0.2, -0.15) is 4.31 Å². The van der Waals surface area contributed by atoms with Crippen LogP contribution in [0.2, 0.25) is 0 Å². The van der Waals surface area contributed by atoms with E-state index in [0.717, 1.165) is 31.4 Å². The van der Waals surface area contributed by atoms with E-state index >= 15 is 0 Å². The monoisotopic (exact) mass is 425 g/mol. The van der Waals surface area contributed by atoms with Crippen LogP contribution < -0.4 is 5.32 Å². The summed E-state index contributed by atoms with van der Waals surface area (Å²) in [6.45, 7) is 5.93. The third-order valence-electron chi connectivity index (χ3n) is 5.84. The van der Waals surface area contributed by atoms with Gasteiger partial charge < -0.3 is 14.7 Å². The quantitative estimate of drug-likeness (QED) is 0.371. The first-order chi connectivity index (χ1) is 14.1. The highest BCUT2D eigenvalue weighted by Crippen LogP contribution is 2.28. The second-order valence-electron chi connectivity index (χ2n) is 8.02. The standard InChI is InChI=1S/C20H35N5O3S/c1-2-21-20(22-11-6-5-9-18-7-3-4-8-18)24-12-14-25(15-13-24)29(26,27)17-19-10-16-28-23-19/h10,16,18H,2-9,11-15,17H2,1H3,(H,21,22). The van der Waals surface area contributed by atoms with Crippen molar-refractivity contribution in [2.24, 2.45) is 10.9 Å². The summed E-state index contributed by atoms with van der Waals surface area (Å²) in [7, 11) is -3.38. The zero-order chi connectivity index (χ0) is 20.5. The first-order valence-electron chi connectivity index (χ1n) is 11.0. The van der Waals surface area contributed by atoms with Gasteiger partial charge in [-0.3, -0.25) is 4.99 Å². The zero-order valence-electron chi connectivity index (χ0n) is 17.6. The number of rotatable bonds is 9. The van der Waals surface area contributed by atoms with Crippen LogP contribution in [0.1, 0.15) is 57.6 Å². The highest BCUT2D eigenvalue weighted by molar-refractivity contribution is 7.88. The van der Waals surface area contributed by atoms with Crippen molar-refractivity contribution in [2.45, 2.75) is 57.6 Å². The summed E-state index contributed by atoms with van der Waals surface area (Å²) in [6.07, 6.45) is 10.8. The normalized spacial score (nSPS) is 19.8. The molecule has 2 heterocycles. The van der Waals surface area contributed by atoms with E-state index in [9.17, 15) is 8.42 Å². The van der Waals surface area contributed by atoms with E-state index in [1.807, 2.05) is 0 Å². The molecule has 3 rings (SSSR count). The van der Waals surface area contributed by atoms with Crippen molar-refractivity contribution in [3.8, 4) is 0 Å². The highest BCUT2D eigenvalue weighted by Gasteiger charge is 2.29. The lowest BCUT2D eigenvalue weighted by atomic mass is 10.0. The summed E-state index contributed by atoms with van der Waals surface area (Å²) in [5.74, 6) is 1.74. The third-order valence-corrected chi connectivity index (χ3v) is 7.66. The Bertz CT molecular complexity index is 721. The molecule has 1 aliphatic carbocycles. The molecule has 0 spiro atoms. The molecule has 0 amide bonds. The van der Waals surface area contributed by atoms with Crippen molar-refractivity contribution in [3.05, 3.63) is 18.0 Å². The molecular formula is C20H35N5O3S. The molecule has 1 saturated carbocycles. The van der Waals surface area contributed by atoms with E-state index in [1.54, 1.807) is 10.4 Å². The summed E-state index contributed by atoms with van der Waals surface area (Å²) >= 11 is 0. The van der Waals surface area contributed by atoms with Crippen LogP contribution in [0, 0.1) is 5.92 Å². The Hall–Kier alpha value is -1.61. The maximum atomic E-state index is 12.6. The smallest absolute Gasteiger partial charge is 0.220 e. The molecule has 0 radical (unpaired) electrons. The number of hydrogen-bond acceptors (Lipinski definition) is 5. The van der Waals surface area contributed by atoms with Crippen LogP contribution in [-0.2, 0) is 15.8 Å². The molecule has 8 nitrogen and oxygen atoms in total. The van der Waals surface area contributed by atoms with E-state index < -0.39 is 10.0 Å². The van der Waals surface area contributed by atoms with Gasteiger partial charge in [0.1, 0.15) is 12.0 Å². The van der Waals surface area contributed by atoms with E-state index in [0.29, 0.717) is 31.9 Å². The molecule has 29 heavy (non-hydrogen) atoms. The number of guanidine groups is 1. The minimum absolute atomic E-state index is 0.112. The average Bonchev–Trinajstić information content (AvgIpc) is 3.41. The van der Waals surface area contributed by atoms with Gasteiger partial charge in [0.15, 0.2) is 5.96 Å². The second-order valence-corrected chi connectivity index (χ2v) is 9.98. The van der Waals surface area contributed by atoms with Crippen LogP contribution in [0.15, 0.2) is 21.8 Å². The van der Waals surface area contributed by atoms with Crippen molar-refractivity contribution in [3.63, 3.8) is 0 Å². The van der Waals surface area contributed by atoms with E-state index in [4.69, 9.17) is 9.52 Å². The fraction of sp³-hybridized carbons (Fsp3) is 0.800. The predicted octanol–water partition coefficient (Wildman–Crippen LogP) is 2.45. The van der Waals surface area contributed by atoms with Gasteiger partial charge in [-0.05, 0) is 19.3 Å². The third kappa shape index (κ3) is 6.70. The molecule has 0 unspecified atom stereocenters. The number of hydrogen-bond donors (Lipinski definition) is 1. The van der Waals surface area contributed by atoms with Crippen LogP contribution in [0.3, 0.4) is 0 Å². The van der Waals surface area contributed by atoms with E-state index in [1.165, 1.54) is 44.8 Å². The summed E-state index contributed by atoms with van der Waals surface area (Å²) in [4.78, 5) is 6.96. The van der Waals surface area contributed by atoms with Crippen LogP contribution in [0.4, 0.5) is 0 Å². The van der Waals surface area contributed by atoms with Crippen molar-refractivity contribution < 1.29 is 12.9 Å². The summed E-state index contributed by atoms with van der Waals surface area (Å²) < 4.78 is 31.5. The fourth-order valence-electron chi connectivity index (χ4n) is 4.22. The summed E-state index contributed by atoms with van der Waals surface area (Å²) in [6, 6.07) is 1.59. The van der Waals surface area contributed by atoms with Gasteiger partial charge in [-0.15, -0.1) is 0 Å². The molecule has 1 N–H and O–H groups in total. The van der Waals surface area contributed by atoms with Gasteiger partial charge in [-0.1, -0.05) is 43.7 Å².